The summed E-state index contributed by atoms with van der Waals surface area (Å²) in [5.74, 6) is 1.23. The number of piperazine rings is 1. The lowest BCUT2D eigenvalue weighted by atomic mass is 10.0. The van der Waals surface area contributed by atoms with Crippen molar-refractivity contribution in [2.45, 2.75) is 13.8 Å². The summed E-state index contributed by atoms with van der Waals surface area (Å²) in [6.45, 7) is 6.87. The highest BCUT2D eigenvalue weighted by Crippen LogP contribution is 2.28. The predicted octanol–water partition coefficient (Wildman–Crippen LogP) is 2.96. The zero-order chi connectivity index (χ0) is 21.0. The maximum Gasteiger partial charge on any atom is 0.254 e. The van der Waals surface area contributed by atoms with E-state index in [-0.39, 0.29) is 11.7 Å². The van der Waals surface area contributed by atoms with E-state index >= 15 is 0 Å². The highest BCUT2D eigenvalue weighted by Gasteiger charge is 2.24. The Bertz CT molecular complexity index is 902. The number of nitrogens with zero attached hydrogens (tertiary/aromatic N) is 2. The smallest absolute Gasteiger partial charge is 0.254 e. The SMILES string of the molecule is COc1ccc(C(=O)N2CCN(CC(=O)c3cc(C)ccc3C)CC2)cc1OC. The number of carbonyl (C=O) groups excluding carboxylic acids is 2. The monoisotopic (exact) mass is 396 g/mol. The molecule has 0 aromatic heterocycles. The summed E-state index contributed by atoms with van der Waals surface area (Å²) in [5, 5.41) is 0. The lowest BCUT2D eigenvalue weighted by molar-refractivity contribution is 0.0624. The lowest BCUT2D eigenvalue weighted by Crippen LogP contribution is -2.49. The van der Waals surface area contributed by atoms with Crippen molar-refractivity contribution in [3.8, 4) is 11.5 Å². The number of carbonyl (C=O) groups is 2. The van der Waals surface area contributed by atoms with E-state index in [1.165, 1.54) is 0 Å². The molecule has 2 aromatic rings. The van der Waals surface area contributed by atoms with Crippen LogP contribution in [-0.2, 0) is 0 Å². The fourth-order valence-corrected chi connectivity index (χ4v) is 3.59. The second-order valence-corrected chi connectivity index (χ2v) is 7.38. The second-order valence-electron chi connectivity index (χ2n) is 7.38. The molecular weight excluding hydrogens is 368 g/mol. The number of rotatable bonds is 6. The molecule has 0 atom stereocenters. The largest absolute Gasteiger partial charge is 0.493 e. The molecule has 0 saturated carbocycles. The van der Waals surface area contributed by atoms with Gasteiger partial charge in [-0.25, -0.2) is 0 Å². The topological polar surface area (TPSA) is 59.1 Å². The zero-order valence-corrected chi connectivity index (χ0v) is 17.5. The van der Waals surface area contributed by atoms with Crippen molar-refractivity contribution in [1.82, 2.24) is 9.80 Å². The molecule has 1 aliphatic heterocycles. The molecule has 0 spiro atoms. The third-order valence-electron chi connectivity index (χ3n) is 5.35. The summed E-state index contributed by atoms with van der Waals surface area (Å²) in [5.41, 5.74) is 3.45. The van der Waals surface area contributed by atoms with Crippen LogP contribution in [-0.4, -0.2) is 68.4 Å². The molecule has 0 radical (unpaired) electrons. The van der Waals surface area contributed by atoms with Crippen LogP contribution >= 0.6 is 0 Å². The van der Waals surface area contributed by atoms with Gasteiger partial charge in [0.05, 0.1) is 20.8 Å². The van der Waals surface area contributed by atoms with Crippen LogP contribution in [0.1, 0.15) is 31.8 Å². The summed E-state index contributed by atoms with van der Waals surface area (Å²) in [7, 11) is 3.12. The average Bonchev–Trinajstić information content (AvgIpc) is 2.74. The van der Waals surface area contributed by atoms with Gasteiger partial charge in [0, 0.05) is 37.3 Å². The van der Waals surface area contributed by atoms with Crippen LogP contribution < -0.4 is 9.47 Å². The molecule has 6 nitrogen and oxygen atoms in total. The molecule has 1 fully saturated rings. The first-order valence-electron chi connectivity index (χ1n) is 9.77. The highest BCUT2D eigenvalue weighted by molar-refractivity contribution is 5.99. The van der Waals surface area contributed by atoms with Crippen molar-refractivity contribution in [2.24, 2.45) is 0 Å². The van der Waals surface area contributed by atoms with Crippen LogP contribution in [0.3, 0.4) is 0 Å². The van der Waals surface area contributed by atoms with Crippen molar-refractivity contribution >= 4 is 11.7 Å². The first-order valence-corrected chi connectivity index (χ1v) is 9.77. The minimum atomic E-state index is -0.0357. The fraction of sp³-hybridized carbons (Fsp3) is 0.391. The van der Waals surface area contributed by atoms with Gasteiger partial charge in [-0.1, -0.05) is 17.7 Å². The molecule has 6 heteroatoms. The molecule has 29 heavy (non-hydrogen) atoms. The van der Waals surface area contributed by atoms with Gasteiger partial charge in [-0.15, -0.1) is 0 Å². The first-order chi connectivity index (χ1) is 13.9. The Morgan fingerprint density at radius 3 is 2.24 bits per heavy atom. The number of aryl methyl sites for hydroxylation is 2. The Morgan fingerprint density at radius 1 is 0.897 bits per heavy atom. The van der Waals surface area contributed by atoms with Crippen LogP contribution in [0.15, 0.2) is 36.4 Å². The van der Waals surface area contributed by atoms with E-state index in [1.807, 2.05) is 36.9 Å². The molecular formula is C23H28N2O4. The molecule has 0 aliphatic carbocycles. The molecule has 1 heterocycles. The first kappa shape index (κ1) is 20.9. The van der Waals surface area contributed by atoms with Crippen molar-refractivity contribution in [3.05, 3.63) is 58.7 Å². The summed E-state index contributed by atoms with van der Waals surface area (Å²) in [4.78, 5) is 29.5. The Hall–Kier alpha value is -2.86. The van der Waals surface area contributed by atoms with Gasteiger partial charge in [0.25, 0.3) is 5.91 Å². The maximum absolute atomic E-state index is 12.8. The molecule has 0 bridgehead atoms. The van der Waals surface area contributed by atoms with Gasteiger partial charge in [-0.05, 0) is 43.7 Å². The number of hydrogen-bond donors (Lipinski definition) is 0. The van der Waals surface area contributed by atoms with Crippen molar-refractivity contribution in [2.75, 3.05) is 46.9 Å². The Kier molecular flexibility index (Phi) is 6.54. The van der Waals surface area contributed by atoms with E-state index in [0.29, 0.717) is 49.8 Å². The summed E-state index contributed by atoms with van der Waals surface area (Å²) < 4.78 is 10.5. The third-order valence-corrected chi connectivity index (χ3v) is 5.35. The number of ether oxygens (including phenoxy) is 2. The Labute approximate surface area is 172 Å². The van der Waals surface area contributed by atoms with Gasteiger partial charge in [-0.3, -0.25) is 14.5 Å². The quantitative estimate of drug-likeness (QED) is 0.703. The standard InChI is InChI=1S/C23H28N2O4/c1-16-5-6-17(2)19(13-16)20(26)15-24-9-11-25(12-10-24)23(27)18-7-8-21(28-3)22(14-18)29-4/h5-8,13-14H,9-12,15H2,1-4H3. The molecule has 1 aliphatic rings. The van der Waals surface area contributed by atoms with E-state index in [1.54, 1.807) is 32.4 Å². The maximum atomic E-state index is 12.8. The minimum Gasteiger partial charge on any atom is -0.493 e. The van der Waals surface area contributed by atoms with Gasteiger partial charge in [0.15, 0.2) is 17.3 Å². The van der Waals surface area contributed by atoms with E-state index in [4.69, 9.17) is 9.47 Å². The number of methoxy groups -OCH3 is 2. The molecule has 0 unspecified atom stereocenters. The molecule has 154 valence electrons. The number of benzene rings is 2. The van der Waals surface area contributed by atoms with Crippen LogP contribution in [0.25, 0.3) is 0 Å². The molecule has 2 aromatic carbocycles. The van der Waals surface area contributed by atoms with Gasteiger partial charge in [0.1, 0.15) is 0 Å². The third kappa shape index (κ3) is 4.77. The Morgan fingerprint density at radius 2 is 1.59 bits per heavy atom. The summed E-state index contributed by atoms with van der Waals surface area (Å²) in [6.07, 6.45) is 0. The fourth-order valence-electron chi connectivity index (χ4n) is 3.59. The zero-order valence-electron chi connectivity index (χ0n) is 17.5. The van der Waals surface area contributed by atoms with E-state index < -0.39 is 0 Å². The molecule has 3 rings (SSSR count). The Balaban J connectivity index is 1.59. The van der Waals surface area contributed by atoms with E-state index in [0.717, 1.165) is 16.7 Å². The predicted molar refractivity (Wildman–Crippen MR) is 112 cm³/mol. The summed E-state index contributed by atoms with van der Waals surface area (Å²) >= 11 is 0. The number of hydrogen-bond acceptors (Lipinski definition) is 5. The van der Waals surface area contributed by atoms with Gasteiger partial charge < -0.3 is 14.4 Å². The van der Waals surface area contributed by atoms with E-state index in [2.05, 4.69) is 4.90 Å². The molecule has 1 saturated heterocycles. The normalized spacial score (nSPS) is 14.6. The molecule has 1 amide bonds. The molecule has 0 N–H and O–H groups in total. The van der Waals surface area contributed by atoms with Gasteiger partial charge in [-0.2, -0.15) is 0 Å². The van der Waals surface area contributed by atoms with Crippen LogP contribution in [0.5, 0.6) is 11.5 Å². The van der Waals surface area contributed by atoms with Crippen molar-refractivity contribution in [3.63, 3.8) is 0 Å². The van der Waals surface area contributed by atoms with Crippen LogP contribution in [0.2, 0.25) is 0 Å². The lowest BCUT2D eigenvalue weighted by Gasteiger charge is -2.34. The second kappa shape index (κ2) is 9.09. The van der Waals surface area contributed by atoms with Crippen molar-refractivity contribution < 1.29 is 19.1 Å². The van der Waals surface area contributed by atoms with E-state index in [9.17, 15) is 9.59 Å². The van der Waals surface area contributed by atoms with Crippen LogP contribution in [0, 0.1) is 13.8 Å². The number of ketones is 1. The van der Waals surface area contributed by atoms with Gasteiger partial charge in [0.2, 0.25) is 0 Å². The number of Topliss-reactive ketones (excluding diaryl/α,β-unsaturated/α-hetero) is 1. The highest BCUT2D eigenvalue weighted by atomic mass is 16.5. The number of amides is 1. The minimum absolute atomic E-state index is 0.0357. The van der Waals surface area contributed by atoms with Gasteiger partial charge >= 0.3 is 0 Å². The summed E-state index contributed by atoms with van der Waals surface area (Å²) in [6, 6.07) is 11.2. The van der Waals surface area contributed by atoms with Crippen molar-refractivity contribution in [1.29, 1.82) is 0 Å². The van der Waals surface area contributed by atoms with Crippen LogP contribution in [0.4, 0.5) is 0 Å². The average molecular weight is 396 g/mol.